The highest BCUT2D eigenvalue weighted by molar-refractivity contribution is 7.90. The number of benzene rings is 1. The lowest BCUT2D eigenvalue weighted by Gasteiger charge is -2.27. The minimum absolute atomic E-state index is 0.0506. The Bertz CT molecular complexity index is 899. The molecule has 1 aromatic carbocycles. The van der Waals surface area contributed by atoms with Gasteiger partial charge in [-0.15, -0.1) is 0 Å². The van der Waals surface area contributed by atoms with E-state index < -0.39 is 15.9 Å². The summed E-state index contributed by atoms with van der Waals surface area (Å²) in [5.74, 6) is -0.643. The lowest BCUT2D eigenvalue weighted by Crippen LogP contribution is -2.48. The number of rotatable bonds is 9. The molecule has 3 amide bonds. The summed E-state index contributed by atoms with van der Waals surface area (Å²) in [5.41, 5.74) is 1.39. The Hall–Kier alpha value is -2.42. The molecule has 0 bridgehead atoms. The van der Waals surface area contributed by atoms with Crippen molar-refractivity contribution in [2.24, 2.45) is 0 Å². The molecule has 1 aromatic rings. The van der Waals surface area contributed by atoms with E-state index >= 15 is 0 Å². The summed E-state index contributed by atoms with van der Waals surface area (Å²) in [6.45, 7) is 2.00. The van der Waals surface area contributed by atoms with Crippen molar-refractivity contribution < 1.29 is 22.8 Å². The molecule has 8 nitrogen and oxygen atoms in total. The summed E-state index contributed by atoms with van der Waals surface area (Å²) in [7, 11) is -3.27. The smallest absolute Gasteiger partial charge is 0.255 e. The Kier molecular flexibility index (Phi) is 6.56. The van der Waals surface area contributed by atoms with Crippen LogP contribution in [0.1, 0.15) is 41.6 Å². The monoisotopic (exact) mass is 421 g/mol. The Morgan fingerprint density at radius 3 is 2.66 bits per heavy atom. The maximum absolute atomic E-state index is 12.8. The van der Waals surface area contributed by atoms with Gasteiger partial charge in [0.1, 0.15) is 15.9 Å². The first-order valence-electron chi connectivity index (χ1n) is 9.88. The fourth-order valence-electron chi connectivity index (χ4n) is 3.82. The van der Waals surface area contributed by atoms with Crippen LogP contribution in [0.25, 0.3) is 0 Å². The van der Waals surface area contributed by atoms with Crippen LogP contribution in [-0.4, -0.2) is 73.6 Å². The fraction of sp³-hybridized carbons (Fsp3) is 0.550. The van der Waals surface area contributed by atoms with E-state index in [0.717, 1.165) is 24.8 Å². The van der Waals surface area contributed by atoms with Crippen LogP contribution in [0.3, 0.4) is 0 Å². The van der Waals surface area contributed by atoms with Gasteiger partial charge in [-0.05, 0) is 30.9 Å². The Morgan fingerprint density at radius 2 is 2.00 bits per heavy atom. The second kappa shape index (κ2) is 8.94. The minimum Gasteiger partial charge on any atom is -0.354 e. The first-order chi connectivity index (χ1) is 13.8. The summed E-state index contributed by atoms with van der Waals surface area (Å²) >= 11 is 0. The maximum Gasteiger partial charge on any atom is 0.255 e. The second-order valence-corrected chi connectivity index (χ2v) is 9.91. The molecule has 0 spiro atoms. The van der Waals surface area contributed by atoms with E-state index in [1.54, 1.807) is 17.0 Å². The lowest BCUT2D eigenvalue weighted by atomic mass is 10.1. The van der Waals surface area contributed by atoms with Crippen LogP contribution in [0.2, 0.25) is 0 Å². The van der Waals surface area contributed by atoms with E-state index in [1.165, 1.54) is 4.90 Å². The van der Waals surface area contributed by atoms with Crippen molar-refractivity contribution in [2.45, 2.75) is 38.3 Å². The van der Waals surface area contributed by atoms with Crippen molar-refractivity contribution in [1.82, 2.24) is 15.1 Å². The number of hydrogen-bond donors (Lipinski definition) is 1. The van der Waals surface area contributed by atoms with Crippen LogP contribution in [0, 0.1) is 0 Å². The number of nitrogens with one attached hydrogen (secondary N) is 1. The predicted octanol–water partition coefficient (Wildman–Crippen LogP) is 0.574. The van der Waals surface area contributed by atoms with Crippen LogP contribution in [0.5, 0.6) is 0 Å². The molecule has 0 unspecified atom stereocenters. The van der Waals surface area contributed by atoms with Crippen LogP contribution in [-0.2, 0) is 26.0 Å². The van der Waals surface area contributed by atoms with Crippen LogP contribution >= 0.6 is 0 Å². The number of carbonyl (C=O) groups is 3. The molecule has 0 aliphatic carbocycles. The highest BCUT2D eigenvalue weighted by Crippen LogP contribution is 2.25. The topological polar surface area (TPSA) is 104 Å². The SMILES string of the molecule is CS(=O)(=O)CC[C@H](C(=O)NCCCN1CCCC1=O)N1Cc2ccccc2C1=O. The summed E-state index contributed by atoms with van der Waals surface area (Å²) in [5, 5.41) is 2.82. The highest BCUT2D eigenvalue weighted by atomic mass is 32.2. The fourth-order valence-corrected chi connectivity index (χ4v) is 4.47. The zero-order valence-electron chi connectivity index (χ0n) is 16.6. The normalized spacial score (nSPS) is 17.6. The third-order valence-electron chi connectivity index (χ3n) is 5.37. The van der Waals surface area contributed by atoms with Crippen LogP contribution in [0.4, 0.5) is 0 Å². The number of amides is 3. The van der Waals surface area contributed by atoms with Gasteiger partial charge >= 0.3 is 0 Å². The Balaban J connectivity index is 1.61. The van der Waals surface area contributed by atoms with Gasteiger partial charge < -0.3 is 15.1 Å². The number of likely N-dealkylation sites (tertiary alicyclic amines) is 1. The molecule has 0 aromatic heterocycles. The van der Waals surface area contributed by atoms with Crippen molar-refractivity contribution in [3.05, 3.63) is 35.4 Å². The van der Waals surface area contributed by atoms with E-state index in [0.29, 0.717) is 38.0 Å². The van der Waals surface area contributed by atoms with E-state index in [-0.39, 0.29) is 29.9 Å². The minimum atomic E-state index is -3.27. The quantitative estimate of drug-likeness (QED) is 0.587. The molecule has 2 aliphatic heterocycles. The standard InChI is InChI=1S/C20H27N3O5S/c1-29(27,28)13-9-17(23-14-15-6-2-3-7-16(15)20(23)26)19(25)21-10-5-12-22-11-4-8-18(22)24/h2-3,6-7,17H,4-5,8-14H2,1H3,(H,21,25)/t17-/m1/s1. The van der Waals surface area contributed by atoms with Crippen LogP contribution < -0.4 is 5.32 Å². The van der Waals surface area contributed by atoms with E-state index in [1.807, 2.05) is 12.1 Å². The zero-order chi connectivity index (χ0) is 21.0. The van der Waals surface area contributed by atoms with E-state index in [9.17, 15) is 22.8 Å². The van der Waals surface area contributed by atoms with Crippen molar-refractivity contribution in [3.63, 3.8) is 0 Å². The third kappa shape index (κ3) is 5.35. The molecule has 1 atom stereocenters. The molecule has 2 aliphatic rings. The number of fused-ring (bicyclic) bond motifs is 1. The van der Waals surface area contributed by atoms with Crippen molar-refractivity contribution >= 4 is 27.6 Å². The van der Waals surface area contributed by atoms with Gasteiger partial charge in [0.2, 0.25) is 11.8 Å². The van der Waals surface area contributed by atoms with E-state index in [2.05, 4.69) is 5.32 Å². The molecule has 0 saturated carbocycles. The molecular formula is C20H27N3O5S. The summed E-state index contributed by atoms with van der Waals surface area (Å²) in [6.07, 6.45) is 3.24. The van der Waals surface area contributed by atoms with Gasteiger partial charge in [-0.2, -0.15) is 0 Å². The third-order valence-corrected chi connectivity index (χ3v) is 6.34. The zero-order valence-corrected chi connectivity index (χ0v) is 17.4. The number of hydrogen-bond acceptors (Lipinski definition) is 5. The largest absolute Gasteiger partial charge is 0.354 e. The Morgan fingerprint density at radius 1 is 1.24 bits per heavy atom. The number of carbonyl (C=O) groups excluding carboxylic acids is 3. The predicted molar refractivity (Wildman–Crippen MR) is 108 cm³/mol. The highest BCUT2D eigenvalue weighted by Gasteiger charge is 2.36. The molecular weight excluding hydrogens is 394 g/mol. The van der Waals surface area contributed by atoms with Gasteiger partial charge in [0, 0.05) is 44.4 Å². The first kappa shape index (κ1) is 21.3. The number of nitrogens with zero attached hydrogens (tertiary/aromatic N) is 2. The van der Waals surface area contributed by atoms with Gasteiger partial charge in [-0.25, -0.2) is 8.42 Å². The molecule has 1 N–H and O–H groups in total. The molecule has 2 heterocycles. The summed E-state index contributed by atoms with van der Waals surface area (Å²) in [6, 6.07) is 6.31. The molecule has 29 heavy (non-hydrogen) atoms. The molecule has 1 fully saturated rings. The van der Waals surface area contributed by atoms with Gasteiger partial charge in [0.05, 0.1) is 5.75 Å². The molecule has 1 saturated heterocycles. The van der Waals surface area contributed by atoms with Gasteiger partial charge in [0.15, 0.2) is 0 Å². The maximum atomic E-state index is 12.8. The second-order valence-electron chi connectivity index (χ2n) is 7.65. The van der Waals surface area contributed by atoms with E-state index in [4.69, 9.17) is 0 Å². The molecule has 9 heteroatoms. The van der Waals surface area contributed by atoms with Gasteiger partial charge in [-0.3, -0.25) is 14.4 Å². The molecule has 3 rings (SSSR count). The molecule has 158 valence electrons. The van der Waals surface area contributed by atoms with Crippen molar-refractivity contribution in [3.8, 4) is 0 Å². The summed E-state index contributed by atoms with van der Waals surface area (Å²) in [4.78, 5) is 40.5. The van der Waals surface area contributed by atoms with Crippen LogP contribution in [0.15, 0.2) is 24.3 Å². The first-order valence-corrected chi connectivity index (χ1v) is 11.9. The number of sulfone groups is 1. The average Bonchev–Trinajstić information content (AvgIpc) is 3.22. The molecule has 0 radical (unpaired) electrons. The van der Waals surface area contributed by atoms with Crippen molar-refractivity contribution in [1.29, 1.82) is 0 Å². The van der Waals surface area contributed by atoms with Gasteiger partial charge in [-0.1, -0.05) is 18.2 Å². The van der Waals surface area contributed by atoms with Gasteiger partial charge in [0.25, 0.3) is 5.91 Å². The van der Waals surface area contributed by atoms with Crippen molar-refractivity contribution in [2.75, 3.05) is 31.6 Å². The lowest BCUT2D eigenvalue weighted by molar-refractivity contribution is -0.127. The average molecular weight is 422 g/mol. The summed E-state index contributed by atoms with van der Waals surface area (Å²) < 4.78 is 23.3. The Labute approximate surface area is 171 Å².